The van der Waals surface area contributed by atoms with Crippen LogP contribution in [0.15, 0.2) is 69.7 Å². The summed E-state index contributed by atoms with van der Waals surface area (Å²) in [5, 5.41) is 9.81. The summed E-state index contributed by atoms with van der Waals surface area (Å²) in [6.45, 7) is 0. The van der Waals surface area contributed by atoms with Gasteiger partial charge in [-0.3, -0.25) is 9.36 Å². The van der Waals surface area contributed by atoms with Gasteiger partial charge >= 0.3 is 5.97 Å². The summed E-state index contributed by atoms with van der Waals surface area (Å²) in [5.41, 5.74) is 0.693. The number of benzene rings is 2. The smallest absolute Gasteiger partial charge is 0.337 e. The number of carbonyl (C=O) groups excluding carboxylic acids is 1. The zero-order valence-electron chi connectivity index (χ0n) is 13.6. The molecule has 0 radical (unpaired) electrons. The Morgan fingerprint density at radius 2 is 1.85 bits per heavy atom. The number of hydrogen-bond acceptors (Lipinski definition) is 3. The minimum absolute atomic E-state index is 0.0182. The predicted octanol–water partition coefficient (Wildman–Crippen LogP) is 5.19. The summed E-state index contributed by atoms with van der Waals surface area (Å²) in [6, 6.07) is 14.1. The van der Waals surface area contributed by atoms with Crippen molar-refractivity contribution in [3.05, 3.63) is 82.4 Å². The van der Waals surface area contributed by atoms with Crippen molar-refractivity contribution in [2.75, 3.05) is 0 Å². The third kappa shape index (κ3) is 2.96. The number of carboxylic acids is 1. The SMILES string of the molecule is O=C(O)c1cn(C(=O)c2ccc(-c3ccc(Br)cc3F)o2)c2ccccc12. The normalized spacial score (nSPS) is 11.0. The number of carboxylic acid groups (broad SMARTS) is 1. The lowest BCUT2D eigenvalue weighted by Crippen LogP contribution is -2.09. The summed E-state index contributed by atoms with van der Waals surface area (Å²) in [7, 11) is 0. The molecule has 0 saturated carbocycles. The predicted molar refractivity (Wildman–Crippen MR) is 100 cm³/mol. The lowest BCUT2D eigenvalue weighted by molar-refractivity contribution is 0.0699. The van der Waals surface area contributed by atoms with Gasteiger partial charge in [0.05, 0.1) is 16.6 Å². The standard InChI is InChI=1S/C20H11BrFNO4/c21-11-5-6-13(15(22)9-11)17-7-8-18(27-17)19(24)23-10-14(20(25)26)12-3-1-2-4-16(12)23/h1-10H,(H,25,26). The van der Waals surface area contributed by atoms with Crippen LogP contribution in [0.5, 0.6) is 0 Å². The van der Waals surface area contributed by atoms with E-state index in [1.165, 1.54) is 29.0 Å². The van der Waals surface area contributed by atoms with Crippen LogP contribution in [0.1, 0.15) is 20.9 Å². The molecule has 0 saturated heterocycles. The van der Waals surface area contributed by atoms with Crippen LogP contribution in [0.3, 0.4) is 0 Å². The summed E-state index contributed by atoms with van der Waals surface area (Å²) < 4.78 is 21.5. The van der Waals surface area contributed by atoms with Crippen LogP contribution in [0.4, 0.5) is 4.39 Å². The molecular formula is C20H11BrFNO4. The molecule has 2 aromatic heterocycles. The molecule has 4 aromatic rings. The van der Waals surface area contributed by atoms with Gasteiger partial charge in [-0.05, 0) is 36.4 Å². The highest BCUT2D eigenvalue weighted by Gasteiger charge is 2.21. The first kappa shape index (κ1) is 17.2. The number of nitrogens with zero attached hydrogens (tertiary/aromatic N) is 1. The molecule has 2 heterocycles. The maximum absolute atomic E-state index is 14.1. The average Bonchev–Trinajstić information content (AvgIpc) is 3.26. The number of rotatable bonds is 3. The molecule has 0 bridgehead atoms. The van der Waals surface area contributed by atoms with E-state index < -0.39 is 17.7 Å². The Kier molecular flexibility index (Phi) is 4.16. The highest BCUT2D eigenvalue weighted by Crippen LogP contribution is 2.28. The zero-order chi connectivity index (χ0) is 19.1. The number of hydrogen-bond donors (Lipinski definition) is 1. The van der Waals surface area contributed by atoms with Crippen LogP contribution < -0.4 is 0 Å². The Balaban J connectivity index is 1.78. The number of aromatic nitrogens is 1. The van der Waals surface area contributed by atoms with Crippen molar-refractivity contribution in [3.8, 4) is 11.3 Å². The van der Waals surface area contributed by atoms with Crippen molar-refractivity contribution in [3.63, 3.8) is 0 Å². The molecule has 4 rings (SSSR count). The molecule has 0 spiro atoms. The van der Waals surface area contributed by atoms with Gasteiger partial charge in [0.1, 0.15) is 11.6 Å². The van der Waals surface area contributed by atoms with Crippen molar-refractivity contribution in [1.29, 1.82) is 0 Å². The highest BCUT2D eigenvalue weighted by atomic mass is 79.9. The fourth-order valence-electron chi connectivity index (χ4n) is 2.92. The van der Waals surface area contributed by atoms with Crippen molar-refractivity contribution in [2.24, 2.45) is 0 Å². The minimum atomic E-state index is -1.13. The summed E-state index contributed by atoms with van der Waals surface area (Å²) in [4.78, 5) is 24.3. The summed E-state index contributed by atoms with van der Waals surface area (Å²) in [5.74, 6) is -1.97. The second kappa shape index (κ2) is 6.51. The Hall–Kier alpha value is -3.19. The van der Waals surface area contributed by atoms with E-state index in [2.05, 4.69) is 15.9 Å². The van der Waals surface area contributed by atoms with E-state index in [0.29, 0.717) is 15.4 Å². The van der Waals surface area contributed by atoms with E-state index >= 15 is 0 Å². The van der Waals surface area contributed by atoms with E-state index in [0.717, 1.165) is 0 Å². The number of fused-ring (bicyclic) bond motifs is 1. The van der Waals surface area contributed by atoms with Gasteiger partial charge in [0.2, 0.25) is 0 Å². The third-order valence-corrected chi connectivity index (χ3v) is 4.67. The lowest BCUT2D eigenvalue weighted by Gasteiger charge is -2.02. The maximum Gasteiger partial charge on any atom is 0.337 e. The van der Waals surface area contributed by atoms with E-state index in [-0.39, 0.29) is 22.6 Å². The second-order valence-electron chi connectivity index (χ2n) is 5.83. The number of carbonyl (C=O) groups is 2. The van der Waals surface area contributed by atoms with Gasteiger partial charge in [-0.2, -0.15) is 0 Å². The van der Waals surface area contributed by atoms with E-state index in [4.69, 9.17) is 4.42 Å². The molecule has 0 aliphatic heterocycles. The molecule has 1 N–H and O–H groups in total. The Morgan fingerprint density at radius 1 is 1.07 bits per heavy atom. The molecular weight excluding hydrogens is 417 g/mol. The fraction of sp³-hybridized carbons (Fsp3) is 0. The molecule has 7 heteroatoms. The van der Waals surface area contributed by atoms with E-state index in [1.54, 1.807) is 36.4 Å². The van der Waals surface area contributed by atoms with Gasteiger partial charge in [0.15, 0.2) is 5.76 Å². The molecule has 0 amide bonds. The zero-order valence-corrected chi connectivity index (χ0v) is 15.2. The van der Waals surface area contributed by atoms with Crippen LogP contribution >= 0.6 is 15.9 Å². The van der Waals surface area contributed by atoms with Crippen LogP contribution in [0.2, 0.25) is 0 Å². The molecule has 2 aromatic carbocycles. The van der Waals surface area contributed by atoms with Crippen LogP contribution in [0.25, 0.3) is 22.2 Å². The first-order chi connectivity index (χ1) is 13.0. The van der Waals surface area contributed by atoms with Crippen molar-refractivity contribution in [1.82, 2.24) is 4.57 Å². The first-order valence-electron chi connectivity index (χ1n) is 7.89. The number of halogens is 2. The first-order valence-corrected chi connectivity index (χ1v) is 8.68. The summed E-state index contributed by atoms with van der Waals surface area (Å²) >= 11 is 3.19. The largest absolute Gasteiger partial charge is 0.478 e. The van der Waals surface area contributed by atoms with E-state index in [9.17, 15) is 19.1 Å². The van der Waals surface area contributed by atoms with E-state index in [1.807, 2.05) is 0 Å². The van der Waals surface area contributed by atoms with Crippen molar-refractivity contribution >= 4 is 38.7 Å². The van der Waals surface area contributed by atoms with Gasteiger partial charge in [-0.25, -0.2) is 9.18 Å². The van der Waals surface area contributed by atoms with Gasteiger partial charge in [-0.15, -0.1) is 0 Å². The van der Waals surface area contributed by atoms with Gasteiger partial charge in [-0.1, -0.05) is 34.1 Å². The molecule has 0 atom stereocenters. The van der Waals surface area contributed by atoms with Crippen molar-refractivity contribution in [2.45, 2.75) is 0 Å². The topological polar surface area (TPSA) is 72.4 Å². The Bertz CT molecular complexity index is 1210. The van der Waals surface area contributed by atoms with Crippen molar-refractivity contribution < 1.29 is 23.5 Å². The Morgan fingerprint density at radius 3 is 2.59 bits per heavy atom. The van der Waals surface area contributed by atoms with Crippen LogP contribution in [-0.4, -0.2) is 21.6 Å². The third-order valence-electron chi connectivity index (χ3n) is 4.17. The maximum atomic E-state index is 14.1. The van der Waals surface area contributed by atoms with Crippen LogP contribution in [0, 0.1) is 5.82 Å². The van der Waals surface area contributed by atoms with Gasteiger partial charge in [0, 0.05) is 16.1 Å². The van der Waals surface area contributed by atoms with Crippen LogP contribution in [-0.2, 0) is 0 Å². The molecule has 5 nitrogen and oxygen atoms in total. The summed E-state index contributed by atoms with van der Waals surface area (Å²) in [6.07, 6.45) is 1.26. The fourth-order valence-corrected chi connectivity index (χ4v) is 3.26. The second-order valence-corrected chi connectivity index (χ2v) is 6.74. The highest BCUT2D eigenvalue weighted by molar-refractivity contribution is 9.10. The molecule has 27 heavy (non-hydrogen) atoms. The number of para-hydroxylation sites is 1. The molecule has 0 unspecified atom stereocenters. The Labute approximate surface area is 160 Å². The quantitative estimate of drug-likeness (QED) is 0.488. The number of furan rings is 1. The molecule has 0 aliphatic carbocycles. The molecule has 0 fully saturated rings. The van der Waals surface area contributed by atoms with Gasteiger partial charge < -0.3 is 9.52 Å². The minimum Gasteiger partial charge on any atom is -0.478 e. The molecule has 134 valence electrons. The molecule has 0 aliphatic rings. The lowest BCUT2D eigenvalue weighted by atomic mass is 10.1. The van der Waals surface area contributed by atoms with Gasteiger partial charge in [0.25, 0.3) is 5.91 Å². The monoisotopic (exact) mass is 427 g/mol. The average molecular weight is 428 g/mol. The number of aromatic carboxylic acids is 1.